The lowest BCUT2D eigenvalue weighted by Crippen LogP contribution is -2.23. The first-order chi connectivity index (χ1) is 11.6. The number of fused-ring (bicyclic) bond motifs is 1. The number of hydrogen-bond acceptors (Lipinski definition) is 4. The van der Waals surface area contributed by atoms with Gasteiger partial charge in [-0.3, -0.25) is 9.78 Å². The minimum atomic E-state index is -0.910. The van der Waals surface area contributed by atoms with Gasteiger partial charge in [-0.05, 0) is 37.1 Å². The molecule has 25 heavy (non-hydrogen) atoms. The molecule has 0 aliphatic carbocycles. The van der Waals surface area contributed by atoms with Crippen molar-refractivity contribution in [3.8, 4) is 0 Å². The number of halogens is 1. The molecule has 2 rings (SSSR count). The zero-order valence-corrected chi connectivity index (χ0v) is 16.4. The number of carbonyl (C=O) groups excluding carboxylic acids is 1. The molecule has 0 fully saturated rings. The standard InChI is InChI=1S/C19H22BrNO4/c1-5-25-18(24)16-12(7-9-15(22)23)13-10-11(20)6-8-14(13)21-17(16)19(2,3)4/h6,8,10H,5,7,9H2,1-4H3,(H,22,23). The summed E-state index contributed by atoms with van der Waals surface area (Å²) in [6.07, 6.45) is 0.170. The van der Waals surface area contributed by atoms with Gasteiger partial charge in [0.1, 0.15) is 0 Å². The molecule has 0 bridgehead atoms. The molecule has 6 heteroatoms. The normalized spacial score (nSPS) is 11.6. The van der Waals surface area contributed by atoms with Crippen LogP contribution < -0.4 is 0 Å². The van der Waals surface area contributed by atoms with Crippen LogP contribution in [-0.2, 0) is 21.4 Å². The fraction of sp³-hybridized carbons (Fsp3) is 0.421. The van der Waals surface area contributed by atoms with E-state index in [1.807, 2.05) is 39.0 Å². The van der Waals surface area contributed by atoms with E-state index >= 15 is 0 Å². The number of aromatic nitrogens is 1. The molecule has 2 aromatic rings. The van der Waals surface area contributed by atoms with Gasteiger partial charge in [-0.1, -0.05) is 36.7 Å². The van der Waals surface area contributed by atoms with Crippen molar-refractivity contribution < 1.29 is 19.4 Å². The lowest BCUT2D eigenvalue weighted by Gasteiger charge is -2.24. The van der Waals surface area contributed by atoms with Crippen molar-refractivity contribution in [1.29, 1.82) is 0 Å². The fourth-order valence-corrected chi connectivity index (χ4v) is 3.12. The van der Waals surface area contributed by atoms with Gasteiger partial charge in [0, 0.05) is 21.7 Å². The van der Waals surface area contributed by atoms with Crippen molar-refractivity contribution in [2.24, 2.45) is 0 Å². The summed E-state index contributed by atoms with van der Waals surface area (Å²) in [5.74, 6) is -1.37. The zero-order valence-electron chi connectivity index (χ0n) is 14.9. The van der Waals surface area contributed by atoms with Crippen LogP contribution in [0.25, 0.3) is 10.9 Å². The van der Waals surface area contributed by atoms with Gasteiger partial charge in [0.2, 0.25) is 0 Å². The molecule has 0 saturated heterocycles. The third kappa shape index (κ3) is 4.37. The molecular formula is C19H22BrNO4. The monoisotopic (exact) mass is 407 g/mol. The number of rotatable bonds is 5. The Hall–Kier alpha value is -1.95. The summed E-state index contributed by atoms with van der Waals surface area (Å²) in [6.45, 7) is 7.92. The molecule has 1 N–H and O–H groups in total. The first-order valence-electron chi connectivity index (χ1n) is 8.16. The maximum atomic E-state index is 12.7. The minimum Gasteiger partial charge on any atom is -0.481 e. The maximum absolute atomic E-state index is 12.7. The van der Waals surface area contributed by atoms with Gasteiger partial charge in [0.15, 0.2) is 0 Å². The SMILES string of the molecule is CCOC(=O)c1c(C(C)(C)C)nc2ccc(Br)cc2c1CCC(=O)O. The van der Waals surface area contributed by atoms with E-state index in [0.29, 0.717) is 16.8 Å². The molecule has 1 aromatic heterocycles. The average molecular weight is 408 g/mol. The van der Waals surface area contributed by atoms with Crippen LogP contribution in [0.1, 0.15) is 55.7 Å². The molecule has 0 unspecified atom stereocenters. The Morgan fingerprint density at radius 2 is 1.96 bits per heavy atom. The summed E-state index contributed by atoms with van der Waals surface area (Å²) in [5.41, 5.74) is 2.04. The summed E-state index contributed by atoms with van der Waals surface area (Å²) < 4.78 is 6.10. The van der Waals surface area contributed by atoms with Crippen molar-refractivity contribution >= 4 is 38.8 Å². The summed E-state index contributed by atoms with van der Waals surface area (Å²) >= 11 is 3.44. The summed E-state index contributed by atoms with van der Waals surface area (Å²) in [6, 6.07) is 5.62. The molecule has 5 nitrogen and oxygen atoms in total. The Kier molecular flexibility index (Phi) is 5.83. The van der Waals surface area contributed by atoms with E-state index < -0.39 is 11.9 Å². The second-order valence-electron chi connectivity index (χ2n) is 6.84. The number of ether oxygens (including phenoxy) is 1. The van der Waals surface area contributed by atoms with Crippen molar-refractivity contribution in [2.45, 2.75) is 46.0 Å². The Bertz CT molecular complexity index is 824. The molecule has 0 saturated carbocycles. The lowest BCUT2D eigenvalue weighted by molar-refractivity contribution is -0.136. The highest BCUT2D eigenvalue weighted by Gasteiger charge is 2.29. The quantitative estimate of drug-likeness (QED) is 0.738. The third-order valence-electron chi connectivity index (χ3n) is 3.83. The molecule has 0 amide bonds. The van der Waals surface area contributed by atoms with Crippen molar-refractivity contribution in [1.82, 2.24) is 4.98 Å². The number of carboxylic acids is 1. The molecule has 0 radical (unpaired) electrons. The van der Waals surface area contributed by atoms with Gasteiger partial charge >= 0.3 is 11.9 Å². The van der Waals surface area contributed by atoms with Gasteiger partial charge in [-0.25, -0.2) is 4.79 Å². The lowest BCUT2D eigenvalue weighted by atomic mass is 9.84. The summed E-state index contributed by atoms with van der Waals surface area (Å²) in [7, 11) is 0. The highest BCUT2D eigenvalue weighted by molar-refractivity contribution is 9.10. The number of aryl methyl sites for hydroxylation is 1. The van der Waals surface area contributed by atoms with Crippen LogP contribution in [-0.4, -0.2) is 28.6 Å². The van der Waals surface area contributed by atoms with Gasteiger partial charge in [0.25, 0.3) is 0 Å². The van der Waals surface area contributed by atoms with E-state index in [4.69, 9.17) is 14.8 Å². The topological polar surface area (TPSA) is 76.5 Å². The molecule has 1 aromatic carbocycles. The number of carbonyl (C=O) groups is 2. The Labute approximate surface area is 155 Å². The van der Waals surface area contributed by atoms with E-state index in [1.165, 1.54) is 0 Å². The van der Waals surface area contributed by atoms with E-state index in [1.54, 1.807) is 6.92 Å². The van der Waals surface area contributed by atoms with Crippen molar-refractivity contribution in [3.63, 3.8) is 0 Å². The number of hydrogen-bond donors (Lipinski definition) is 1. The van der Waals surface area contributed by atoms with Crippen LogP contribution in [0.3, 0.4) is 0 Å². The zero-order chi connectivity index (χ0) is 18.8. The van der Waals surface area contributed by atoms with E-state index in [9.17, 15) is 9.59 Å². The number of nitrogens with zero attached hydrogens (tertiary/aromatic N) is 1. The van der Waals surface area contributed by atoms with Crippen molar-refractivity contribution in [3.05, 3.63) is 39.5 Å². The number of aliphatic carboxylic acids is 1. The fourth-order valence-electron chi connectivity index (χ4n) is 2.76. The van der Waals surface area contributed by atoms with E-state index in [2.05, 4.69) is 15.9 Å². The molecule has 1 heterocycles. The molecule has 0 atom stereocenters. The van der Waals surface area contributed by atoms with Gasteiger partial charge in [-0.15, -0.1) is 0 Å². The highest BCUT2D eigenvalue weighted by atomic mass is 79.9. The number of esters is 1. The smallest absolute Gasteiger partial charge is 0.340 e. The van der Waals surface area contributed by atoms with Gasteiger partial charge < -0.3 is 9.84 Å². The summed E-state index contributed by atoms with van der Waals surface area (Å²) in [4.78, 5) is 28.5. The van der Waals surface area contributed by atoms with Crippen LogP contribution in [0.2, 0.25) is 0 Å². The largest absolute Gasteiger partial charge is 0.481 e. The number of carboxylic acid groups (broad SMARTS) is 1. The molecule has 0 spiro atoms. The second kappa shape index (κ2) is 7.52. The predicted octanol–water partition coefficient (Wildman–Crippen LogP) is 4.49. The van der Waals surface area contributed by atoms with Crippen LogP contribution in [0.5, 0.6) is 0 Å². The molecule has 0 aliphatic heterocycles. The van der Waals surface area contributed by atoms with Crippen molar-refractivity contribution in [2.75, 3.05) is 6.61 Å². The Morgan fingerprint density at radius 3 is 2.52 bits per heavy atom. The van der Waals surface area contributed by atoms with Crippen LogP contribution in [0.4, 0.5) is 0 Å². The average Bonchev–Trinajstić information content (AvgIpc) is 2.50. The molecule has 134 valence electrons. The summed E-state index contributed by atoms with van der Waals surface area (Å²) in [5, 5.41) is 9.89. The minimum absolute atomic E-state index is 0.0678. The predicted molar refractivity (Wildman–Crippen MR) is 100 cm³/mol. The van der Waals surface area contributed by atoms with Crippen LogP contribution >= 0.6 is 15.9 Å². The first-order valence-corrected chi connectivity index (χ1v) is 8.96. The highest BCUT2D eigenvalue weighted by Crippen LogP contribution is 2.33. The maximum Gasteiger partial charge on any atom is 0.340 e. The van der Waals surface area contributed by atoms with Gasteiger partial charge in [0.05, 0.1) is 23.4 Å². The molecular weight excluding hydrogens is 386 g/mol. The van der Waals surface area contributed by atoms with E-state index in [-0.39, 0.29) is 24.9 Å². The number of benzene rings is 1. The number of pyridine rings is 1. The first kappa shape index (κ1) is 19.4. The van der Waals surface area contributed by atoms with Crippen LogP contribution in [0, 0.1) is 0 Å². The Balaban J connectivity index is 2.85. The molecule has 0 aliphatic rings. The Morgan fingerprint density at radius 1 is 1.28 bits per heavy atom. The second-order valence-corrected chi connectivity index (χ2v) is 7.76. The third-order valence-corrected chi connectivity index (χ3v) is 4.33. The van der Waals surface area contributed by atoms with Gasteiger partial charge in [-0.2, -0.15) is 0 Å². The van der Waals surface area contributed by atoms with E-state index in [0.717, 1.165) is 15.4 Å². The van der Waals surface area contributed by atoms with Crippen LogP contribution in [0.15, 0.2) is 22.7 Å².